The summed E-state index contributed by atoms with van der Waals surface area (Å²) in [6.45, 7) is 14.4. The van der Waals surface area contributed by atoms with Crippen molar-refractivity contribution in [1.29, 1.82) is 0 Å². The molecule has 0 heterocycles. The van der Waals surface area contributed by atoms with E-state index < -0.39 is 0 Å². The van der Waals surface area contributed by atoms with E-state index in [1.165, 1.54) is 64.2 Å². The van der Waals surface area contributed by atoms with E-state index in [9.17, 15) is 5.11 Å². The first-order chi connectivity index (χ1) is 14.5. The van der Waals surface area contributed by atoms with E-state index in [0.29, 0.717) is 16.9 Å². The largest absolute Gasteiger partial charge is 0.393 e. The Kier molecular flexibility index (Phi) is 7.21. The van der Waals surface area contributed by atoms with Gasteiger partial charge in [0.2, 0.25) is 0 Å². The highest BCUT2D eigenvalue weighted by Crippen LogP contribution is 2.68. The lowest BCUT2D eigenvalue weighted by molar-refractivity contribution is -0.124. The molecule has 2 nitrogen and oxygen atoms in total. The van der Waals surface area contributed by atoms with Crippen LogP contribution in [0.3, 0.4) is 0 Å². The molecule has 0 bridgehead atoms. The van der Waals surface area contributed by atoms with Crippen molar-refractivity contribution in [2.75, 3.05) is 0 Å². The van der Waals surface area contributed by atoms with Crippen LogP contribution < -0.4 is 0 Å². The summed E-state index contributed by atoms with van der Waals surface area (Å²) in [5.41, 5.74) is 1.12. The van der Waals surface area contributed by atoms with Gasteiger partial charge >= 0.3 is 0 Å². The third-order valence-electron chi connectivity index (χ3n) is 11.4. The van der Waals surface area contributed by atoms with Crippen LogP contribution >= 0.6 is 23.0 Å². The van der Waals surface area contributed by atoms with Crippen molar-refractivity contribution in [2.24, 2.45) is 51.8 Å². The van der Waals surface area contributed by atoms with Gasteiger partial charge in [-0.1, -0.05) is 41.5 Å². The van der Waals surface area contributed by atoms with Crippen molar-refractivity contribution in [3.8, 4) is 0 Å². The van der Waals surface area contributed by atoms with Crippen molar-refractivity contribution in [3.63, 3.8) is 0 Å². The highest BCUT2D eigenvalue weighted by atomic mass is 127. The summed E-state index contributed by atoms with van der Waals surface area (Å²) in [5, 5.41) is 10.6. The van der Waals surface area contributed by atoms with Crippen LogP contribution in [-0.2, 0) is 3.07 Å². The summed E-state index contributed by atoms with van der Waals surface area (Å²) in [4.78, 5) is 0. The number of halogens is 1. The minimum Gasteiger partial charge on any atom is -0.393 e. The molecule has 4 aliphatic carbocycles. The molecule has 0 radical (unpaired) electrons. The smallest absolute Gasteiger partial charge is 0.110 e. The molecule has 4 rings (SSSR count). The minimum absolute atomic E-state index is 0.00925. The summed E-state index contributed by atoms with van der Waals surface area (Å²) in [6, 6.07) is 0. The number of fused-ring (bicyclic) bond motifs is 5. The first-order valence-electron chi connectivity index (χ1n) is 13.5. The van der Waals surface area contributed by atoms with E-state index in [4.69, 9.17) is 3.07 Å². The fourth-order valence-electron chi connectivity index (χ4n) is 9.33. The zero-order valence-electron chi connectivity index (χ0n) is 21.1. The van der Waals surface area contributed by atoms with Gasteiger partial charge in [0.05, 0.1) is 12.2 Å². The Morgan fingerprint density at radius 2 is 1.61 bits per heavy atom. The molecule has 31 heavy (non-hydrogen) atoms. The normalized spacial score (nSPS) is 47.2. The lowest BCUT2D eigenvalue weighted by Crippen LogP contribution is -2.54. The monoisotopic (exact) mass is 544 g/mol. The molecule has 0 aliphatic heterocycles. The Hall–Kier alpha value is 0.650. The van der Waals surface area contributed by atoms with Gasteiger partial charge in [-0.25, -0.2) is 0 Å². The summed E-state index contributed by atoms with van der Waals surface area (Å²) in [5.74, 6) is 5.36. The van der Waals surface area contributed by atoms with Crippen LogP contribution in [0, 0.1) is 51.8 Å². The van der Waals surface area contributed by atoms with Gasteiger partial charge in [0.25, 0.3) is 0 Å². The first kappa shape index (κ1) is 24.8. The second-order valence-electron chi connectivity index (χ2n) is 13.8. The zero-order chi connectivity index (χ0) is 22.6. The molecule has 4 aliphatic rings. The van der Waals surface area contributed by atoms with Gasteiger partial charge in [-0.2, -0.15) is 0 Å². The van der Waals surface area contributed by atoms with E-state index in [2.05, 4.69) is 64.5 Å². The molecule has 0 amide bonds. The average molecular weight is 545 g/mol. The Balaban J connectivity index is 1.44. The van der Waals surface area contributed by atoms with Gasteiger partial charge in [-0.05, 0) is 122 Å². The van der Waals surface area contributed by atoms with Gasteiger partial charge in [-0.15, -0.1) is 0 Å². The van der Waals surface area contributed by atoms with Crippen molar-refractivity contribution < 1.29 is 8.17 Å². The summed E-state index contributed by atoms with van der Waals surface area (Å²) < 4.78 is 5.76. The van der Waals surface area contributed by atoms with E-state index in [1.54, 1.807) is 0 Å². The van der Waals surface area contributed by atoms with Crippen LogP contribution in [0.15, 0.2) is 0 Å². The van der Waals surface area contributed by atoms with Crippen LogP contribution in [0.5, 0.6) is 0 Å². The third-order valence-corrected chi connectivity index (χ3v) is 12.1. The molecule has 4 saturated carbocycles. The number of hydrogen-bond acceptors (Lipinski definition) is 2. The number of hydrogen-bond donors (Lipinski definition) is 1. The summed E-state index contributed by atoms with van der Waals surface area (Å²) >= 11 is 2.14. The molecule has 0 spiro atoms. The molecule has 0 aromatic heterocycles. The van der Waals surface area contributed by atoms with Crippen LogP contribution in [0.1, 0.15) is 112 Å². The molecule has 2 unspecified atom stereocenters. The lowest BCUT2D eigenvalue weighted by atomic mass is 9.44. The average Bonchev–Trinajstić information content (AvgIpc) is 3.07. The van der Waals surface area contributed by atoms with Gasteiger partial charge < -0.3 is 8.17 Å². The second-order valence-corrected chi connectivity index (χ2v) is 14.3. The Bertz CT molecular complexity index is 629. The molecule has 4 fully saturated rings. The predicted molar refractivity (Wildman–Crippen MR) is 138 cm³/mol. The maximum absolute atomic E-state index is 10.6. The Morgan fingerprint density at radius 1 is 0.935 bits per heavy atom. The van der Waals surface area contributed by atoms with Crippen LogP contribution in [-0.4, -0.2) is 17.3 Å². The molecule has 0 aromatic rings. The zero-order valence-corrected chi connectivity index (χ0v) is 23.3. The van der Waals surface area contributed by atoms with E-state index in [0.717, 1.165) is 41.9 Å². The highest BCUT2D eigenvalue weighted by molar-refractivity contribution is 14.1. The van der Waals surface area contributed by atoms with Crippen molar-refractivity contribution in [2.45, 2.75) is 124 Å². The Morgan fingerprint density at radius 3 is 2.29 bits per heavy atom. The SMILES string of the molecule is C[C@H](CCC(O)C(C)(C)C)[C@H]1CC[C@H]2[C@@H]3CCC4C[C@@H](OI)CC[C@]4(C)[C@H]3CC[C@]12C. The molecule has 0 aromatic carbocycles. The van der Waals surface area contributed by atoms with Gasteiger partial charge in [0.15, 0.2) is 0 Å². The molecule has 0 saturated heterocycles. The maximum atomic E-state index is 10.6. The van der Waals surface area contributed by atoms with Crippen LogP contribution in [0.2, 0.25) is 0 Å². The van der Waals surface area contributed by atoms with Crippen molar-refractivity contribution in [3.05, 3.63) is 0 Å². The van der Waals surface area contributed by atoms with Gasteiger partial charge in [0.1, 0.15) is 23.0 Å². The number of rotatable bonds is 5. The minimum atomic E-state index is -0.174. The third kappa shape index (κ3) is 4.40. The molecule has 10 atom stereocenters. The van der Waals surface area contributed by atoms with Crippen LogP contribution in [0.25, 0.3) is 0 Å². The second kappa shape index (κ2) is 9.02. The quantitative estimate of drug-likeness (QED) is 0.354. The first-order valence-corrected chi connectivity index (χ1v) is 14.3. The molecule has 180 valence electrons. The predicted octanol–water partition coefficient (Wildman–Crippen LogP) is 8.20. The summed E-state index contributed by atoms with van der Waals surface area (Å²) in [7, 11) is 0. The lowest BCUT2D eigenvalue weighted by Gasteiger charge is -2.61. The fraction of sp³-hybridized carbons (Fsp3) is 1.00. The molecular weight excluding hydrogens is 495 g/mol. The standard InChI is InChI=1S/C28H49IO2/c1-18(7-12-25(30)26(2,3)4)22-10-11-23-21-9-8-19-17-20(31-29)13-15-27(19,5)24(21)14-16-28(22,23)6/h18-25,30H,7-17H2,1-6H3/t18-,19?,20+,21+,22-,23+,24+,25?,27+,28-/m1/s1. The number of aliphatic hydroxyl groups excluding tert-OH is 1. The Labute approximate surface area is 206 Å². The number of aliphatic hydroxyl groups is 1. The van der Waals surface area contributed by atoms with E-state index >= 15 is 0 Å². The van der Waals surface area contributed by atoms with Gasteiger partial charge in [-0.3, -0.25) is 0 Å². The maximum Gasteiger partial charge on any atom is 0.110 e. The van der Waals surface area contributed by atoms with Crippen molar-refractivity contribution >= 4 is 23.0 Å². The molecule has 1 N–H and O–H groups in total. The molecule has 3 heteroatoms. The highest BCUT2D eigenvalue weighted by Gasteiger charge is 2.60. The molecular formula is C28H49IO2. The topological polar surface area (TPSA) is 29.5 Å². The van der Waals surface area contributed by atoms with E-state index in [-0.39, 0.29) is 11.5 Å². The van der Waals surface area contributed by atoms with Crippen molar-refractivity contribution in [1.82, 2.24) is 0 Å². The fourth-order valence-corrected chi connectivity index (χ4v) is 9.79. The van der Waals surface area contributed by atoms with E-state index in [1.807, 2.05) is 0 Å². The summed E-state index contributed by atoms with van der Waals surface area (Å²) in [6.07, 6.45) is 15.2. The van der Waals surface area contributed by atoms with Crippen LogP contribution in [0.4, 0.5) is 0 Å². The van der Waals surface area contributed by atoms with Gasteiger partial charge in [0, 0.05) is 0 Å².